The summed E-state index contributed by atoms with van der Waals surface area (Å²) in [5.41, 5.74) is 0. The van der Waals surface area contributed by atoms with E-state index in [1.165, 1.54) is 13.1 Å². The van der Waals surface area contributed by atoms with E-state index in [-0.39, 0.29) is 0 Å². The van der Waals surface area contributed by atoms with E-state index in [1.54, 1.807) is 0 Å². The molecule has 1 rings (SSSR count). The van der Waals surface area contributed by atoms with E-state index in [2.05, 4.69) is 37.9 Å². The zero-order valence-electron chi connectivity index (χ0n) is 8.80. The van der Waals surface area contributed by atoms with Gasteiger partial charge in [-0.05, 0) is 19.8 Å². The lowest BCUT2D eigenvalue weighted by molar-refractivity contribution is 0.124. The van der Waals surface area contributed by atoms with Gasteiger partial charge in [0.05, 0.1) is 0 Å². The third-order valence-corrected chi connectivity index (χ3v) is 2.76. The molecule has 2 unspecified atom stereocenters. The predicted molar refractivity (Wildman–Crippen MR) is 53.3 cm³/mol. The second-order valence-corrected chi connectivity index (χ2v) is 4.37. The number of hydrogen-bond acceptors (Lipinski definition) is 2. The van der Waals surface area contributed by atoms with Gasteiger partial charge < -0.3 is 5.32 Å². The molecule has 1 heterocycles. The molecule has 0 spiro atoms. The first-order valence-electron chi connectivity index (χ1n) is 5.08. The molecule has 1 aliphatic rings. The van der Waals surface area contributed by atoms with Crippen molar-refractivity contribution >= 4 is 0 Å². The van der Waals surface area contributed by atoms with Crippen LogP contribution in [0.25, 0.3) is 0 Å². The molecule has 12 heavy (non-hydrogen) atoms. The highest BCUT2D eigenvalue weighted by atomic mass is 15.2. The molecule has 0 radical (unpaired) electrons. The van der Waals surface area contributed by atoms with Crippen molar-refractivity contribution in [3.63, 3.8) is 0 Å². The molecule has 1 saturated heterocycles. The molecule has 0 aromatic carbocycles. The van der Waals surface area contributed by atoms with Gasteiger partial charge in [-0.15, -0.1) is 0 Å². The highest BCUT2D eigenvalue weighted by molar-refractivity contribution is 4.83. The van der Waals surface area contributed by atoms with Crippen molar-refractivity contribution in [2.45, 2.75) is 39.8 Å². The normalized spacial score (nSPS) is 32.8. The summed E-state index contributed by atoms with van der Waals surface area (Å²) >= 11 is 0. The quantitative estimate of drug-likeness (QED) is 0.672. The SMILES string of the molecule is CC(C)CN1CCNC(C)C1C. The fraction of sp³-hybridized carbons (Fsp3) is 1.00. The maximum Gasteiger partial charge on any atom is 0.0219 e. The Labute approximate surface area is 76.3 Å². The van der Waals surface area contributed by atoms with Gasteiger partial charge in [0.1, 0.15) is 0 Å². The standard InChI is InChI=1S/C10H22N2/c1-8(2)7-12-6-5-11-9(3)10(12)4/h8-11H,5-7H2,1-4H3. The molecule has 0 aliphatic carbocycles. The first-order chi connectivity index (χ1) is 5.61. The van der Waals surface area contributed by atoms with E-state index >= 15 is 0 Å². The average Bonchev–Trinajstić information content (AvgIpc) is 1.98. The first-order valence-corrected chi connectivity index (χ1v) is 5.08. The highest BCUT2D eigenvalue weighted by Gasteiger charge is 2.23. The van der Waals surface area contributed by atoms with E-state index in [0.717, 1.165) is 12.5 Å². The highest BCUT2D eigenvalue weighted by Crippen LogP contribution is 2.10. The molecule has 1 fully saturated rings. The fourth-order valence-corrected chi connectivity index (χ4v) is 1.85. The van der Waals surface area contributed by atoms with Gasteiger partial charge in [0.15, 0.2) is 0 Å². The van der Waals surface area contributed by atoms with Crippen molar-refractivity contribution in [3.8, 4) is 0 Å². The van der Waals surface area contributed by atoms with Gasteiger partial charge >= 0.3 is 0 Å². The van der Waals surface area contributed by atoms with E-state index in [9.17, 15) is 0 Å². The molecular formula is C10H22N2. The Kier molecular flexibility index (Phi) is 3.53. The summed E-state index contributed by atoms with van der Waals surface area (Å²) in [5.74, 6) is 0.790. The second-order valence-electron chi connectivity index (χ2n) is 4.37. The van der Waals surface area contributed by atoms with Crippen LogP contribution in [0.3, 0.4) is 0 Å². The maximum atomic E-state index is 3.49. The lowest BCUT2D eigenvalue weighted by Gasteiger charge is -2.39. The summed E-state index contributed by atoms with van der Waals surface area (Å²) in [6.45, 7) is 12.8. The van der Waals surface area contributed by atoms with Crippen LogP contribution in [0.4, 0.5) is 0 Å². The van der Waals surface area contributed by atoms with Gasteiger partial charge in [0.25, 0.3) is 0 Å². The predicted octanol–water partition coefficient (Wildman–Crippen LogP) is 1.32. The van der Waals surface area contributed by atoms with Gasteiger partial charge in [-0.3, -0.25) is 4.90 Å². The van der Waals surface area contributed by atoms with Crippen LogP contribution in [0.1, 0.15) is 27.7 Å². The number of rotatable bonds is 2. The molecule has 0 saturated carbocycles. The van der Waals surface area contributed by atoms with Crippen LogP contribution >= 0.6 is 0 Å². The Balaban J connectivity index is 2.41. The molecule has 0 amide bonds. The van der Waals surface area contributed by atoms with Crippen molar-refractivity contribution in [3.05, 3.63) is 0 Å². The Morgan fingerprint density at radius 2 is 2.08 bits per heavy atom. The number of nitrogens with zero attached hydrogens (tertiary/aromatic N) is 1. The molecule has 1 N–H and O–H groups in total. The fourth-order valence-electron chi connectivity index (χ4n) is 1.85. The molecule has 72 valence electrons. The summed E-state index contributed by atoms with van der Waals surface area (Å²) in [7, 11) is 0. The molecule has 1 aliphatic heterocycles. The van der Waals surface area contributed by atoms with Gasteiger partial charge in [0.2, 0.25) is 0 Å². The van der Waals surface area contributed by atoms with E-state index < -0.39 is 0 Å². The molecule has 0 aromatic rings. The minimum absolute atomic E-state index is 0.650. The lowest BCUT2D eigenvalue weighted by atomic mass is 10.1. The Bertz CT molecular complexity index is 134. The molecule has 2 atom stereocenters. The van der Waals surface area contributed by atoms with Crippen molar-refractivity contribution in [1.29, 1.82) is 0 Å². The summed E-state index contributed by atoms with van der Waals surface area (Å²) in [6, 6.07) is 1.35. The van der Waals surface area contributed by atoms with Crippen LogP contribution in [0, 0.1) is 5.92 Å². The molecule has 2 nitrogen and oxygen atoms in total. The summed E-state index contributed by atoms with van der Waals surface area (Å²) < 4.78 is 0. The summed E-state index contributed by atoms with van der Waals surface area (Å²) in [5, 5.41) is 3.49. The summed E-state index contributed by atoms with van der Waals surface area (Å²) in [6.07, 6.45) is 0. The molecule has 0 bridgehead atoms. The van der Waals surface area contributed by atoms with Gasteiger partial charge in [0, 0.05) is 31.7 Å². The largest absolute Gasteiger partial charge is 0.311 e. The summed E-state index contributed by atoms with van der Waals surface area (Å²) in [4.78, 5) is 2.59. The van der Waals surface area contributed by atoms with Gasteiger partial charge in [-0.1, -0.05) is 13.8 Å². The average molecular weight is 170 g/mol. The van der Waals surface area contributed by atoms with Gasteiger partial charge in [-0.2, -0.15) is 0 Å². The topological polar surface area (TPSA) is 15.3 Å². The van der Waals surface area contributed by atoms with Crippen LogP contribution in [-0.2, 0) is 0 Å². The number of piperazine rings is 1. The zero-order chi connectivity index (χ0) is 9.14. The minimum atomic E-state index is 0.650. The lowest BCUT2D eigenvalue weighted by Crippen LogP contribution is -2.55. The molecule has 0 aromatic heterocycles. The molecular weight excluding hydrogens is 148 g/mol. The third kappa shape index (κ3) is 2.46. The van der Waals surface area contributed by atoms with E-state index in [4.69, 9.17) is 0 Å². The Hall–Kier alpha value is -0.0800. The van der Waals surface area contributed by atoms with Crippen molar-refractivity contribution in [1.82, 2.24) is 10.2 Å². The van der Waals surface area contributed by atoms with Crippen molar-refractivity contribution in [2.24, 2.45) is 5.92 Å². The van der Waals surface area contributed by atoms with Crippen LogP contribution in [-0.4, -0.2) is 36.6 Å². The van der Waals surface area contributed by atoms with Crippen molar-refractivity contribution < 1.29 is 0 Å². The first kappa shape index (κ1) is 10.0. The Morgan fingerprint density at radius 1 is 1.42 bits per heavy atom. The maximum absolute atomic E-state index is 3.49. The smallest absolute Gasteiger partial charge is 0.0219 e. The minimum Gasteiger partial charge on any atom is -0.311 e. The molecule has 2 heteroatoms. The van der Waals surface area contributed by atoms with Crippen LogP contribution in [0.5, 0.6) is 0 Å². The third-order valence-electron chi connectivity index (χ3n) is 2.76. The zero-order valence-corrected chi connectivity index (χ0v) is 8.80. The number of hydrogen-bond donors (Lipinski definition) is 1. The van der Waals surface area contributed by atoms with Crippen LogP contribution in [0.2, 0.25) is 0 Å². The van der Waals surface area contributed by atoms with Crippen LogP contribution in [0.15, 0.2) is 0 Å². The van der Waals surface area contributed by atoms with Crippen LogP contribution < -0.4 is 5.32 Å². The monoisotopic (exact) mass is 170 g/mol. The van der Waals surface area contributed by atoms with E-state index in [0.29, 0.717) is 12.1 Å². The second kappa shape index (κ2) is 4.24. The van der Waals surface area contributed by atoms with Crippen molar-refractivity contribution in [2.75, 3.05) is 19.6 Å². The van der Waals surface area contributed by atoms with Gasteiger partial charge in [-0.25, -0.2) is 0 Å². The number of nitrogens with one attached hydrogen (secondary N) is 1. The van der Waals surface area contributed by atoms with E-state index in [1.807, 2.05) is 0 Å². The Morgan fingerprint density at radius 3 is 2.67 bits per heavy atom.